The van der Waals surface area contributed by atoms with Gasteiger partial charge in [-0.2, -0.15) is 5.26 Å². The highest BCUT2D eigenvalue weighted by molar-refractivity contribution is 6.32. The molecule has 3 aromatic rings. The van der Waals surface area contributed by atoms with Gasteiger partial charge in [0.25, 0.3) is 11.8 Å². The van der Waals surface area contributed by atoms with Crippen LogP contribution in [0.25, 0.3) is 6.08 Å². The van der Waals surface area contributed by atoms with Gasteiger partial charge in [0, 0.05) is 11.4 Å². The van der Waals surface area contributed by atoms with Gasteiger partial charge in [-0.05, 0) is 74.7 Å². The van der Waals surface area contributed by atoms with E-state index >= 15 is 0 Å². The molecule has 37 heavy (non-hydrogen) atoms. The van der Waals surface area contributed by atoms with Gasteiger partial charge in [-0.15, -0.1) is 0 Å². The molecule has 0 bridgehead atoms. The van der Waals surface area contributed by atoms with Gasteiger partial charge in [0.1, 0.15) is 11.6 Å². The van der Waals surface area contributed by atoms with E-state index in [2.05, 4.69) is 10.6 Å². The Morgan fingerprint density at radius 1 is 0.973 bits per heavy atom. The van der Waals surface area contributed by atoms with Crippen LogP contribution in [0.3, 0.4) is 0 Å². The molecule has 0 spiro atoms. The monoisotopic (exact) mass is 517 g/mol. The van der Waals surface area contributed by atoms with Gasteiger partial charge in [-0.3, -0.25) is 9.59 Å². The van der Waals surface area contributed by atoms with Gasteiger partial charge in [-0.25, -0.2) is 0 Å². The molecule has 0 radical (unpaired) electrons. The zero-order chi connectivity index (χ0) is 26.9. The third-order valence-corrected chi connectivity index (χ3v) is 5.69. The lowest BCUT2D eigenvalue weighted by atomic mass is 10.1. The molecular weight excluding hydrogens is 490 g/mol. The lowest BCUT2D eigenvalue weighted by Crippen LogP contribution is -2.21. The van der Waals surface area contributed by atoms with Crippen molar-refractivity contribution in [2.24, 2.45) is 0 Å². The van der Waals surface area contributed by atoms with E-state index in [1.54, 1.807) is 31.2 Å². The summed E-state index contributed by atoms with van der Waals surface area (Å²) in [6, 6.07) is 18.1. The second-order valence-corrected chi connectivity index (χ2v) is 8.76. The van der Waals surface area contributed by atoms with Crippen LogP contribution in [0.1, 0.15) is 29.2 Å². The van der Waals surface area contributed by atoms with Crippen molar-refractivity contribution in [3.05, 3.63) is 87.4 Å². The fourth-order valence-corrected chi connectivity index (χ4v) is 3.84. The van der Waals surface area contributed by atoms with Gasteiger partial charge < -0.3 is 20.1 Å². The molecule has 2 N–H and O–H groups in total. The molecule has 8 heteroatoms. The molecule has 0 aliphatic rings. The Hall–Kier alpha value is -4.28. The Balaban J connectivity index is 1.79. The Bertz CT molecular complexity index is 1390. The molecule has 3 aromatic carbocycles. The number of aryl methyl sites for hydroxylation is 3. The number of nitrogens with zero attached hydrogens (tertiary/aromatic N) is 1. The standard InChI is InChI=1S/C29H28ClN3O4/c1-5-36-26-15-21(13-22(16-31)29(35)33-25-11-10-18(2)12-20(25)4)14-23(30)28(26)37-17-27(34)32-24-9-7-6-8-19(24)3/h6-15H,5,17H2,1-4H3,(H,32,34)(H,33,35)/b22-13+. The average molecular weight is 518 g/mol. The Kier molecular flexibility index (Phi) is 9.31. The predicted molar refractivity (Wildman–Crippen MR) is 146 cm³/mol. The Labute approximate surface area is 221 Å². The molecular formula is C29H28ClN3O4. The van der Waals surface area contributed by atoms with E-state index < -0.39 is 5.91 Å². The van der Waals surface area contributed by atoms with Gasteiger partial charge in [0.15, 0.2) is 18.1 Å². The highest BCUT2D eigenvalue weighted by atomic mass is 35.5. The number of anilines is 2. The largest absolute Gasteiger partial charge is 0.490 e. The number of carbonyl (C=O) groups is 2. The number of halogens is 1. The lowest BCUT2D eigenvalue weighted by molar-refractivity contribution is -0.118. The van der Waals surface area contributed by atoms with Crippen molar-refractivity contribution in [1.82, 2.24) is 0 Å². The van der Waals surface area contributed by atoms with E-state index in [0.29, 0.717) is 23.5 Å². The molecule has 3 rings (SSSR count). The molecule has 0 heterocycles. The first-order valence-electron chi connectivity index (χ1n) is 11.7. The van der Waals surface area contributed by atoms with E-state index in [1.807, 2.05) is 57.2 Å². The van der Waals surface area contributed by atoms with Gasteiger partial charge in [0.2, 0.25) is 0 Å². The summed E-state index contributed by atoms with van der Waals surface area (Å²) in [6.45, 7) is 7.56. The van der Waals surface area contributed by atoms with Crippen LogP contribution in [0.15, 0.2) is 60.2 Å². The van der Waals surface area contributed by atoms with Crippen LogP contribution in [0.2, 0.25) is 5.02 Å². The second-order valence-electron chi connectivity index (χ2n) is 8.36. The van der Waals surface area contributed by atoms with E-state index in [1.165, 1.54) is 6.08 Å². The van der Waals surface area contributed by atoms with Crippen LogP contribution in [-0.2, 0) is 9.59 Å². The van der Waals surface area contributed by atoms with Crippen molar-refractivity contribution in [3.8, 4) is 17.6 Å². The second kappa shape index (κ2) is 12.6. The number of amides is 2. The molecule has 2 amide bonds. The topological polar surface area (TPSA) is 100 Å². The van der Waals surface area contributed by atoms with Crippen molar-refractivity contribution < 1.29 is 19.1 Å². The molecule has 190 valence electrons. The summed E-state index contributed by atoms with van der Waals surface area (Å²) in [5, 5.41) is 15.4. The molecule has 0 unspecified atom stereocenters. The summed E-state index contributed by atoms with van der Waals surface area (Å²) >= 11 is 6.46. The highest BCUT2D eigenvalue weighted by Crippen LogP contribution is 2.37. The molecule has 0 fully saturated rings. The minimum atomic E-state index is -0.545. The summed E-state index contributed by atoms with van der Waals surface area (Å²) in [5.74, 6) is -0.417. The first kappa shape index (κ1) is 27.3. The molecule has 7 nitrogen and oxygen atoms in total. The van der Waals surface area contributed by atoms with Crippen molar-refractivity contribution in [1.29, 1.82) is 5.26 Å². The van der Waals surface area contributed by atoms with E-state index in [0.717, 1.165) is 16.7 Å². The first-order valence-corrected chi connectivity index (χ1v) is 12.0. The lowest BCUT2D eigenvalue weighted by Gasteiger charge is -2.15. The molecule has 0 saturated heterocycles. The van der Waals surface area contributed by atoms with Crippen molar-refractivity contribution in [3.63, 3.8) is 0 Å². The van der Waals surface area contributed by atoms with Gasteiger partial charge in [-0.1, -0.05) is 47.5 Å². The maximum Gasteiger partial charge on any atom is 0.266 e. The molecule has 0 saturated carbocycles. The van der Waals surface area contributed by atoms with Crippen molar-refractivity contribution in [2.45, 2.75) is 27.7 Å². The summed E-state index contributed by atoms with van der Waals surface area (Å²) < 4.78 is 11.4. The average Bonchev–Trinajstić information content (AvgIpc) is 2.85. The maximum absolute atomic E-state index is 12.8. The maximum atomic E-state index is 12.8. The van der Waals surface area contributed by atoms with Gasteiger partial charge in [0.05, 0.1) is 11.6 Å². The quantitative estimate of drug-likeness (QED) is 0.259. The fourth-order valence-electron chi connectivity index (χ4n) is 3.57. The number of hydrogen-bond donors (Lipinski definition) is 2. The van der Waals surface area contributed by atoms with Crippen LogP contribution in [-0.4, -0.2) is 25.0 Å². The molecule has 0 aliphatic carbocycles. The smallest absolute Gasteiger partial charge is 0.266 e. The molecule has 0 atom stereocenters. The normalized spacial score (nSPS) is 10.9. The van der Waals surface area contributed by atoms with Crippen LogP contribution in [0, 0.1) is 32.1 Å². The van der Waals surface area contributed by atoms with E-state index in [9.17, 15) is 14.9 Å². The summed E-state index contributed by atoms with van der Waals surface area (Å²) in [5.41, 5.74) is 4.56. The van der Waals surface area contributed by atoms with Crippen molar-refractivity contribution >= 4 is 40.9 Å². The minimum Gasteiger partial charge on any atom is -0.490 e. The van der Waals surface area contributed by atoms with E-state index in [-0.39, 0.29) is 34.6 Å². The number of nitrogens with one attached hydrogen (secondary N) is 2. The molecule has 0 aromatic heterocycles. The number of carbonyl (C=O) groups excluding carboxylic acids is 2. The summed E-state index contributed by atoms with van der Waals surface area (Å²) in [4.78, 5) is 25.2. The third kappa shape index (κ3) is 7.35. The van der Waals surface area contributed by atoms with Gasteiger partial charge >= 0.3 is 0 Å². The number of hydrogen-bond acceptors (Lipinski definition) is 5. The zero-order valence-corrected chi connectivity index (χ0v) is 21.9. The first-order chi connectivity index (χ1) is 17.7. The number of para-hydroxylation sites is 1. The summed E-state index contributed by atoms with van der Waals surface area (Å²) in [6.07, 6.45) is 1.42. The third-order valence-electron chi connectivity index (χ3n) is 5.40. The zero-order valence-electron chi connectivity index (χ0n) is 21.1. The number of benzene rings is 3. The minimum absolute atomic E-state index is 0.107. The van der Waals surface area contributed by atoms with E-state index in [4.69, 9.17) is 21.1 Å². The predicted octanol–water partition coefficient (Wildman–Crippen LogP) is 6.23. The number of nitriles is 1. The summed E-state index contributed by atoms with van der Waals surface area (Å²) in [7, 11) is 0. The fraction of sp³-hybridized carbons (Fsp3) is 0.207. The highest BCUT2D eigenvalue weighted by Gasteiger charge is 2.16. The Morgan fingerprint density at radius 3 is 2.38 bits per heavy atom. The van der Waals surface area contributed by atoms with Crippen molar-refractivity contribution in [2.75, 3.05) is 23.8 Å². The van der Waals surface area contributed by atoms with Crippen LogP contribution in [0.4, 0.5) is 11.4 Å². The number of ether oxygens (including phenoxy) is 2. The van der Waals surface area contributed by atoms with Crippen LogP contribution in [0.5, 0.6) is 11.5 Å². The molecule has 0 aliphatic heterocycles. The number of rotatable bonds is 9. The van der Waals surface area contributed by atoms with Crippen LogP contribution >= 0.6 is 11.6 Å². The van der Waals surface area contributed by atoms with Crippen LogP contribution < -0.4 is 20.1 Å². The SMILES string of the molecule is CCOc1cc(/C=C(\C#N)C(=O)Nc2ccc(C)cc2C)cc(Cl)c1OCC(=O)Nc1ccccc1C. The Morgan fingerprint density at radius 2 is 1.70 bits per heavy atom.